The van der Waals surface area contributed by atoms with Crippen LogP contribution in [0.25, 0.3) is 0 Å². The zero-order valence-corrected chi connectivity index (χ0v) is 13.3. The number of nitrogens with zero attached hydrogens (tertiary/aromatic N) is 2. The minimum Gasteiger partial charge on any atom is -0.480 e. The van der Waals surface area contributed by atoms with E-state index in [1.165, 1.54) is 6.20 Å². The summed E-state index contributed by atoms with van der Waals surface area (Å²) in [4.78, 5) is 10.5. The third-order valence-corrected chi connectivity index (χ3v) is 5.03. The maximum absolute atomic E-state index is 12.2. The van der Waals surface area contributed by atoms with Crippen LogP contribution in [0, 0.1) is 6.92 Å². The molecule has 7 nitrogen and oxygen atoms in total. The van der Waals surface area contributed by atoms with E-state index in [0.717, 1.165) is 16.4 Å². The molecule has 2 N–H and O–H groups in total. The van der Waals surface area contributed by atoms with Gasteiger partial charge in [0.2, 0.25) is 0 Å². The first-order valence-electron chi connectivity index (χ1n) is 5.82. The number of carboxylic acids is 1. The zero-order chi connectivity index (χ0) is 15.6. The monoisotopic (exact) mass is 373 g/mol. The third-order valence-electron chi connectivity index (χ3n) is 2.65. The van der Waals surface area contributed by atoms with Crippen LogP contribution in [-0.2, 0) is 21.4 Å². The summed E-state index contributed by atoms with van der Waals surface area (Å²) in [7, 11) is -3.82. The fraction of sp³-hybridized carbons (Fsp3) is 0.167. The first-order valence-corrected chi connectivity index (χ1v) is 8.09. The maximum atomic E-state index is 12.2. The minimum absolute atomic E-state index is 0.0999. The van der Waals surface area contributed by atoms with Crippen molar-refractivity contribution in [2.24, 2.45) is 0 Å². The average Bonchev–Trinajstić information content (AvgIpc) is 2.83. The van der Waals surface area contributed by atoms with Gasteiger partial charge in [0.25, 0.3) is 10.0 Å². The van der Waals surface area contributed by atoms with Crippen molar-refractivity contribution in [3.63, 3.8) is 0 Å². The number of sulfonamides is 1. The minimum atomic E-state index is -3.82. The molecule has 0 aliphatic carbocycles. The highest BCUT2D eigenvalue weighted by molar-refractivity contribution is 9.10. The number of anilines is 1. The molecule has 112 valence electrons. The lowest BCUT2D eigenvalue weighted by molar-refractivity contribution is -0.137. The Morgan fingerprint density at radius 1 is 1.48 bits per heavy atom. The second-order valence-corrected chi connectivity index (χ2v) is 6.78. The summed E-state index contributed by atoms with van der Waals surface area (Å²) >= 11 is 3.32. The van der Waals surface area contributed by atoms with Crippen molar-refractivity contribution in [3.8, 4) is 0 Å². The van der Waals surface area contributed by atoms with Gasteiger partial charge in [-0.3, -0.25) is 14.2 Å². The zero-order valence-electron chi connectivity index (χ0n) is 10.9. The molecule has 0 atom stereocenters. The highest BCUT2D eigenvalue weighted by atomic mass is 79.9. The van der Waals surface area contributed by atoms with Gasteiger partial charge >= 0.3 is 5.97 Å². The molecule has 0 unspecified atom stereocenters. The Bertz CT molecular complexity index is 786. The molecule has 0 saturated heterocycles. The SMILES string of the molecule is Cc1cccc(NS(=O)(=O)c2cnn(CC(=O)O)c2)c1Br. The number of hydrogen-bond donors (Lipinski definition) is 2. The number of nitrogens with one attached hydrogen (secondary N) is 1. The molecule has 0 radical (unpaired) electrons. The number of halogens is 1. The van der Waals surface area contributed by atoms with Gasteiger partial charge in [-0.2, -0.15) is 5.10 Å². The van der Waals surface area contributed by atoms with Crippen molar-refractivity contribution in [3.05, 3.63) is 40.6 Å². The van der Waals surface area contributed by atoms with Crippen molar-refractivity contribution in [2.45, 2.75) is 18.4 Å². The lowest BCUT2D eigenvalue weighted by atomic mass is 10.2. The van der Waals surface area contributed by atoms with Crippen LogP contribution in [0.4, 0.5) is 5.69 Å². The van der Waals surface area contributed by atoms with Crippen LogP contribution in [-0.4, -0.2) is 29.3 Å². The number of carbonyl (C=O) groups is 1. The average molecular weight is 374 g/mol. The number of carboxylic acid groups (broad SMARTS) is 1. The quantitative estimate of drug-likeness (QED) is 0.832. The summed E-state index contributed by atoms with van der Waals surface area (Å²) in [6, 6.07) is 5.19. The molecule has 0 fully saturated rings. The van der Waals surface area contributed by atoms with Gasteiger partial charge < -0.3 is 5.11 Å². The van der Waals surface area contributed by atoms with Gasteiger partial charge in [-0.05, 0) is 34.5 Å². The summed E-state index contributed by atoms with van der Waals surface area (Å²) in [5.41, 5.74) is 1.29. The van der Waals surface area contributed by atoms with E-state index in [4.69, 9.17) is 5.11 Å². The Kier molecular flexibility index (Phi) is 4.33. The smallest absolute Gasteiger partial charge is 0.325 e. The molecular weight excluding hydrogens is 362 g/mol. The number of aromatic nitrogens is 2. The summed E-state index contributed by atoms with van der Waals surface area (Å²) in [6.07, 6.45) is 2.27. The van der Waals surface area contributed by atoms with E-state index in [9.17, 15) is 13.2 Å². The van der Waals surface area contributed by atoms with E-state index in [-0.39, 0.29) is 4.90 Å². The molecule has 21 heavy (non-hydrogen) atoms. The van der Waals surface area contributed by atoms with Crippen LogP contribution >= 0.6 is 15.9 Å². The van der Waals surface area contributed by atoms with E-state index in [1.54, 1.807) is 12.1 Å². The Labute approximate surface area is 129 Å². The number of aliphatic carboxylic acids is 1. The maximum Gasteiger partial charge on any atom is 0.325 e. The van der Waals surface area contributed by atoms with E-state index in [1.807, 2.05) is 13.0 Å². The van der Waals surface area contributed by atoms with E-state index in [2.05, 4.69) is 25.8 Å². The largest absolute Gasteiger partial charge is 0.480 e. The summed E-state index contributed by atoms with van der Waals surface area (Å²) in [6.45, 7) is 1.44. The molecule has 0 amide bonds. The van der Waals surface area contributed by atoms with Crippen LogP contribution < -0.4 is 4.72 Å². The lowest BCUT2D eigenvalue weighted by Crippen LogP contribution is -2.13. The normalized spacial score (nSPS) is 11.3. The molecule has 0 aliphatic rings. The van der Waals surface area contributed by atoms with Crippen molar-refractivity contribution in [1.82, 2.24) is 9.78 Å². The predicted molar refractivity (Wildman–Crippen MR) is 79.6 cm³/mol. The van der Waals surface area contributed by atoms with Crippen LogP contribution in [0.3, 0.4) is 0 Å². The Hall–Kier alpha value is -1.87. The highest BCUT2D eigenvalue weighted by Gasteiger charge is 2.18. The number of aryl methyl sites for hydroxylation is 1. The molecule has 0 aliphatic heterocycles. The molecule has 2 rings (SSSR count). The van der Waals surface area contributed by atoms with Crippen molar-refractivity contribution in [2.75, 3.05) is 4.72 Å². The van der Waals surface area contributed by atoms with E-state index < -0.39 is 22.5 Å². The van der Waals surface area contributed by atoms with Crippen LogP contribution in [0.1, 0.15) is 5.56 Å². The molecule has 9 heteroatoms. The second-order valence-electron chi connectivity index (χ2n) is 4.31. The van der Waals surface area contributed by atoms with Gasteiger partial charge in [-0.1, -0.05) is 12.1 Å². The van der Waals surface area contributed by atoms with Crippen molar-refractivity contribution < 1.29 is 18.3 Å². The van der Waals surface area contributed by atoms with Gasteiger partial charge in [-0.25, -0.2) is 8.42 Å². The second kappa shape index (κ2) is 5.86. The molecular formula is C12H12BrN3O4S. The first kappa shape index (κ1) is 15.5. The summed E-state index contributed by atoms with van der Waals surface area (Å²) in [5, 5.41) is 12.4. The fourth-order valence-corrected chi connectivity index (χ4v) is 3.16. The highest BCUT2D eigenvalue weighted by Crippen LogP contribution is 2.27. The van der Waals surface area contributed by atoms with Gasteiger partial charge in [0.05, 0.1) is 11.9 Å². The molecule has 1 aromatic carbocycles. The van der Waals surface area contributed by atoms with E-state index >= 15 is 0 Å². The summed E-state index contributed by atoms with van der Waals surface area (Å²) in [5.74, 6) is -1.10. The lowest BCUT2D eigenvalue weighted by Gasteiger charge is -2.09. The first-order chi connectivity index (χ1) is 9.79. The summed E-state index contributed by atoms with van der Waals surface area (Å²) < 4.78 is 28.6. The van der Waals surface area contributed by atoms with Crippen LogP contribution in [0.5, 0.6) is 0 Å². The van der Waals surface area contributed by atoms with Gasteiger partial charge in [0.1, 0.15) is 11.4 Å². The standard InChI is InChI=1S/C12H12BrN3O4S/c1-8-3-2-4-10(12(8)13)15-21(19,20)9-5-14-16(6-9)7-11(17)18/h2-6,15H,7H2,1H3,(H,17,18). The number of hydrogen-bond acceptors (Lipinski definition) is 4. The van der Waals surface area contributed by atoms with Crippen LogP contribution in [0.15, 0.2) is 40.0 Å². The molecule has 0 saturated carbocycles. The Morgan fingerprint density at radius 3 is 2.86 bits per heavy atom. The molecule has 2 aromatic rings. The molecule has 1 aromatic heterocycles. The fourth-order valence-electron chi connectivity index (χ4n) is 1.64. The number of rotatable bonds is 5. The Morgan fingerprint density at radius 2 is 2.19 bits per heavy atom. The topological polar surface area (TPSA) is 101 Å². The molecule has 1 heterocycles. The van der Waals surface area contributed by atoms with Gasteiger partial charge in [0.15, 0.2) is 0 Å². The van der Waals surface area contributed by atoms with Crippen molar-refractivity contribution in [1.29, 1.82) is 0 Å². The van der Waals surface area contributed by atoms with Gasteiger partial charge in [-0.15, -0.1) is 0 Å². The van der Waals surface area contributed by atoms with E-state index in [0.29, 0.717) is 10.2 Å². The number of benzene rings is 1. The van der Waals surface area contributed by atoms with Crippen LogP contribution in [0.2, 0.25) is 0 Å². The third kappa shape index (κ3) is 3.61. The van der Waals surface area contributed by atoms with Crippen molar-refractivity contribution >= 4 is 37.6 Å². The predicted octanol–water partition coefficient (Wildman–Crippen LogP) is 1.84. The molecule has 0 spiro atoms. The Balaban J connectivity index is 2.28. The van der Waals surface area contributed by atoms with Gasteiger partial charge in [0, 0.05) is 10.7 Å². The molecule has 0 bridgehead atoms.